The molecule has 0 spiro atoms. The van der Waals surface area contributed by atoms with Crippen LogP contribution < -0.4 is 22.5 Å². The Bertz CT molecular complexity index is 1520. The molecule has 0 radical (unpaired) electrons. The number of anilines is 1. The Labute approximate surface area is 270 Å². The van der Waals surface area contributed by atoms with Crippen LogP contribution in [0.4, 0.5) is 23.8 Å². The third kappa shape index (κ3) is 7.93. The molecule has 3 fully saturated rings. The zero-order valence-electron chi connectivity index (χ0n) is 27.0. The number of aromatic nitrogens is 2. The highest BCUT2D eigenvalue weighted by atomic mass is 19.4. The first-order chi connectivity index (χ1) is 21.9. The van der Waals surface area contributed by atoms with Crippen molar-refractivity contribution in [3.63, 3.8) is 0 Å². The molecule has 3 heterocycles. The quantitative estimate of drug-likeness (QED) is 0.342. The summed E-state index contributed by atoms with van der Waals surface area (Å²) in [5.41, 5.74) is 12.9. The number of likely N-dealkylation sites (tertiary alicyclic amines) is 1. The Hall–Kier alpha value is -4.02. The molecule has 0 bridgehead atoms. The highest BCUT2D eigenvalue weighted by Gasteiger charge is 2.69. The molecule has 1 aromatic carbocycles. The van der Waals surface area contributed by atoms with E-state index in [1.165, 1.54) is 10.1 Å². The average Bonchev–Trinajstić information content (AvgIpc) is 3.45. The second-order valence-corrected chi connectivity index (χ2v) is 13.2. The summed E-state index contributed by atoms with van der Waals surface area (Å²) in [5, 5.41) is 9.83. The Morgan fingerprint density at radius 1 is 1.09 bits per heavy atom. The van der Waals surface area contributed by atoms with E-state index in [4.69, 9.17) is 21.4 Å². The Morgan fingerprint density at radius 3 is 2.17 bits per heavy atom. The molecule has 4 unspecified atom stereocenters. The Morgan fingerprint density at radius 2 is 1.66 bits per heavy atom. The van der Waals surface area contributed by atoms with E-state index in [1.807, 2.05) is 12.1 Å². The summed E-state index contributed by atoms with van der Waals surface area (Å²) in [6, 6.07) is 9.29. The van der Waals surface area contributed by atoms with Gasteiger partial charge in [0, 0.05) is 45.5 Å². The van der Waals surface area contributed by atoms with Gasteiger partial charge in [-0.1, -0.05) is 19.1 Å². The van der Waals surface area contributed by atoms with E-state index in [0.29, 0.717) is 49.3 Å². The molecule has 1 aromatic heterocycles. The van der Waals surface area contributed by atoms with Crippen molar-refractivity contribution in [2.24, 2.45) is 34.6 Å². The summed E-state index contributed by atoms with van der Waals surface area (Å²) >= 11 is 0. The SMILES string of the molecule is CC(Cc1ccc(-n2ccc(NC(=O)N3CCN(C(=O)C(C)(C)N)CC3)nc2=O)cc1)C12CN(C)CC1C2CN.O=C(O)C(F)(F)F. The number of hydrogen-bond acceptors (Lipinski definition) is 8. The lowest BCUT2D eigenvalue weighted by molar-refractivity contribution is -0.192. The van der Waals surface area contributed by atoms with Crippen LogP contribution in [0.15, 0.2) is 41.3 Å². The van der Waals surface area contributed by atoms with Gasteiger partial charge in [-0.2, -0.15) is 18.2 Å². The molecule has 1 aliphatic carbocycles. The van der Waals surface area contributed by atoms with E-state index >= 15 is 0 Å². The van der Waals surface area contributed by atoms with Gasteiger partial charge in [0.2, 0.25) is 5.91 Å². The largest absolute Gasteiger partial charge is 0.490 e. The number of carbonyl (C=O) groups excluding carboxylic acids is 2. The number of piperidine rings is 1. The minimum absolute atomic E-state index is 0.140. The number of urea groups is 1. The topological polar surface area (TPSA) is 180 Å². The van der Waals surface area contributed by atoms with E-state index in [0.717, 1.165) is 31.7 Å². The number of piperazine rings is 1. The number of carboxylic acid groups (broad SMARTS) is 1. The minimum atomic E-state index is -5.08. The lowest BCUT2D eigenvalue weighted by Gasteiger charge is -2.37. The highest BCUT2D eigenvalue weighted by Crippen LogP contribution is 2.67. The summed E-state index contributed by atoms with van der Waals surface area (Å²) in [7, 11) is 2.19. The maximum absolute atomic E-state index is 12.8. The molecule has 2 aromatic rings. The normalized spacial score (nSPS) is 23.3. The molecule has 47 heavy (non-hydrogen) atoms. The summed E-state index contributed by atoms with van der Waals surface area (Å²) < 4.78 is 33.2. The van der Waals surface area contributed by atoms with Crippen molar-refractivity contribution in [2.45, 2.75) is 38.9 Å². The number of aliphatic carboxylic acids is 1. The summed E-state index contributed by atoms with van der Waals surface area (Å²) in [6.07, 6.45) is -2.48. The number of nitrogens with one attached hydrogen (secondary N) is 1. The van der Waals surface area contributed by atoms with Gasteiger partial charge < -0.3 is 31.3 Å². The Kier molecular flexibility index (Phi) is 10.4. The third-order valence-electron chi connectivity index (χ3n) is 9.42. The maximum Gasteiger partial charge on any atom is 0.490 e. The predicted octanol–water partition coefficient (Wildman–Crippen LogP) is 1.59. The van der Waals surface area contributed by atoms with Crippen LogP contribution in [0.2, 0.25) is 0 Å². The molecule has 13 nitrogen and oxygen atoms in total. The lowest BCUT2D eigenvalue weighted by atomic mass is 9.83. The van der Waals surface area contributed by atoms with Gasteiger partial charge in [-0.25, -0.2) is 14.4 Å². The van der Waals surface area contributed by atoms with E-state index in [9.17, 15) is 27.6 Å². The average molecular weight is 665 g/mol. The number of carboxylic acids is 1. The van der Waals surface area contributed by atoms with Crippen molar-refractivity contribution in [3.8, 4) is 5.69 Å². The molecule has 4 atom stereocenters. The van der Waals surface area contributed by atoms with E-state index in [2.05, 4.69) is 41.3 Å². The zero-order valence-corrected chi connectivity index (χ0v) is 27.0. The number of rotatable bonds is 7. The fourth-order valence-electron chi connectivity index (χ4n) is 7.01. The van der Waals surface area contributed by atoms with Crippen LogP contribution in [0.25, 0.3) is 5.69 Å². The fourth-order valence-corrected chi connectivity index (χ4v) is 7.01. The van der Waals surface area contributed by atoms with Crippen LogP contribution in [-0.4, -0.2) is 112 Å². The molecule has 3 amide bonds. The first-order valence-corrected chi connectivity index (χ1v) is 15.4. The Balaban J connectivity index is 0.000000644. The van der Waals surface area contributed by atoms with Gasteiger partial charge in [0.1, 0.15) is 5.82 Å². The minimum Gasteiger partial charge on any atom is -0.475 e. The number of nitrogens with zero attached hydrogens (tertiary/aromatic N) is 5. The second kappa shape index (κ2) is 13.6. The van der Waals surface area contributed by atoms with Crippen LogP contribution in [0.1, 0.15) is 26.3 Å². The van der Waals surface area contributed by atoms with Crippen LogP contribution in [0, 0.1) is 23.2 Å². The number of benzene rings is 1. The number of carbonyl (C=O) groups is 3. The van der Waals surface area contributed by atoms with Crippen molar-refractivity contribution >= 4 is 23.7 Å². The summed E-state index contributed by atoms with van der Waals surface area (Å²) in [4.78, 5) is 56.6. The third-order valence-corrected chi connectivity index (χ3v) is 9.42. The van der Waals surface area contributed by atoms with Gasteiger partial charge in [-0.05, 0) is 80.8 Å². The van der Waals surface area contributed by atoms with Gasteiger partial charge in [-0.15, -0.1) is 0 Å². The first-order valence-electron chi connectivity index (χ1n) is 15.4. The molecule has 3 aliphatic rings. The number of alkyl halides is 3. The number of nitrogens with two attached hydrogens (primary N) is 2. The van der Waals surface area contributed by atoms with Gasteiger partial charge >= 0.3 is 23.9 Å². The summed E-state index contributed by atoms with van der Waals surface area (Å²) in [5.74, 6) is -0.847. The number of halogens is 3. The van der Waals surface area contributed by atoms with Crippen LogP contribution in [0.3, 0.4) is 0 Å². The number of amides is 3. The monoisotopic (exact) mass is 664 g/mol. The van der Waals surface area contributed by atoms with Gasteiger partial charge in [-0.3, -0.25) is 14.7 Å². The summed E-state index contributed by atoms with van der Waals surface area (Å²) in [6.45, 7) is 10.3. The van der Waals surface area contributed by atoms with Gasteiger partial charge in [0.15, 0.2) is 0 Å². The molecule has 1 saturated carbocycles. The molecule has 258 valence electrons. The van der Waals surface area contributed by atoms with Gasteiger partial charge in [0.05, 0.1) is 11.2 Å². The molecular weight excluding hydrogens is 621 g/mol. The standard InChI is InChI=1S/C29H42N8O3.C2HF3O2/c1-19(29-18-34(4)17-23(29)22(29)16-30)15-20-5-7-21(8-6-20)37-10-9-24(33-27(37)40)32-26(39)36-13-11-35(12-14-36)25(38)28(2,3)31;3-2(4,5)1(6)7/h5-10,19,22-23H,11-18,30-31H2,1-4H3,(H,32,33,39,40);(H,6,7). The first kappa shape index (κ1) is 35.8. The molecule has 6 N–H and O–H groups in total. The maximum atomic E-state index is 12.8. The van der Waals surface area contributed by atoms with Crippen LogP contribution >= 0.6 is 0 Å². The number of hydrogen-bond donors (Lipinski definition) is 4. The number of fused-ring (bicyclic) bond motifs is 1. The lowest BCUT2D eigenvalue weighted by Crippen LogP contribution is -2.58. The molecule has 2 saturated heterocycles. The van der Waals surface area contributed by atoms with Crippen molar-refractivity contribution in [1.82, 2.24) is 24.3 Å². The molecule has 16 heteroatoms. The van der Waals surface area contributed by atoms with Gasteiger partial charge in [0.25, 0.3) is 0 Å². The van der Waals surface area contributed by atoms with Crippen molar-refractivity contribution in [3.05, 3.63) is 52.6 Å². The second-order valence-electron chi connectivity index (χ2n) is 13.2. The molecule has 2 aliphatic heterocycles. The van der Waals surface area contributed by atoms with Crippen LogP contribution in [-0.2, 0) is 16.0 Å². The smallest absolute Gasteiger partial charge is 0.475 e. The van der Waals surface area contributed by atoms with E-state index in [1.54, 1.807) is 35.9 Å². The zero-order chi connectivity index (χ0) is 34.9. The molecular formula is C31H43F3N8O5. The molecule has 5 rings (SSSR count). The van der Waals surface area contributed by atoms with Crippen molar-refractivity contribution in [2.75, 3.05) is 58.2 Å². The van der Waals surface area contributed by atoms with E-state index < -0.39 is 23.4 Å². The fraction of sp³-hybridized carbons (Fsp3) is 0.581. The van der Waals surface area contributed by atoms with E-state index in [-0.39, 0.29) is 17.8 Å². The highest BCUT2D eigenvalue weighted by molar-refractivity contribution is 5.89. The predicted molar refractivity (Wildman–Crippen MR) is 168 cm³/mol. The van der Waals surface area contributed by atoms with Crippen molar-refractivity contribution < 1.29 is 32.7 Å². The van der Waals surface area contributed by atoms with Crippen molar-refractivity contribution in [1.29, 1.82) is 0 Å². The van der Waals surface area contributed by atoms with Crippen LogP contribution in [0.5, 0.6) is 0 Å².